The van der Waals surface area contributed by atoms with E-state index in [9.17, 15) is 13.6 Å². The number of rotatable bonds is 5. The van der Waals surface area contributed by atoms with Crippen molar-refractivity contribution in [3.63, 3.8) is 0 Å². The normalized spacial score (nSPS) is 10.3. The number of halogens is 2. The van der Waals surface area contributed by atoms with Crippen molar-refractivity contribution in [3.05, 3.63) is 35.4 Å². The largest absolute Gasteiger partial charge is 0.300 e. The molecular formula is C12H14F2O. The molecule has 1 nitrogen and oxygen atoms in total. The number of Topliss-reactive ketones (excluding diaryl/α,β-unsaturated/α-hetero) is 1. The van der Waals surface area contributed by atoms with Crippen LogP contribution in [0, 0.1) is 11.6 Å². The lowest BCUT2D eigenvalue weighted by Crippen LogP contribution is -1.98. The molecule has 0 saturated heterocycles. The van der Waals surface area contributed by atoms with Crippen LogP contribution in [-0.4, -0.2) is 5.78 Å². The van der Waals surface area contributed by atoms with Gasteiger partial charge in [0.25, 0.3) is 0 Å². The van der Waals surface area contributed by atoms with Crippen LogP contribution in [0.5, 0.6) is 0 Å². The summed E-state index contributed by atoms with van der Waals surface area (Å²) in [5.74, 6) is -0.919. The first kappa shape index (κ1) is 11.8. The van der Waals surface area contributed by atoms with Crippen LogP contribution in [0.15, 0.2) is 18.2 Å². The second kappa shape index (κ2) is 5.59. The van der Waals surface area contributed by atoms with Crippen molar-refractivity contribution in [1.29, 1.82) is 0 Å². The highest BCUT2D eigenvalue weighted by molar-refractivity contribution is 5.77. The predicted octanol–water partition coefficient (Wildman–Crippen LogP) is 3.27. The van der Waals surface area contributed by atoms with E-state index >= 15 is 0 Å². The molecule has 82 valence electrons. The van der Waals surface area contributed by atoms with E-state index < -0.39 is 11.6 Å². The van der Waals surface area contributed by atoms with Crippen molar-refractivity contribution in [3.8, 4) is 0 Å². The fourth-order valence-electron chi connectivity index (χ4n) is 1.38. The summed E-state index contributed by atoms with van der Waals surface area (Å²) in [6.45, 7) is 1.81. The minimum Gasteiger partial charge on any atom is -0.300 e. The van der Waals surface area contributed by atoms with Crippen LogP contribution in [0.3, 0.4) is 0 Å². The van der Waals surface area contributed by atoms with Gasteiger partial charge in [0.2, 0.25) is 0 Å². The van der Waals surface area contributed by atoms with Gasteiger partial charge in [-0.2, -0.15) is 0 Å². The van der Waals surface area contributed by atoms with E-state index in [1.54, 1.807) is 6.92 Å². The Balaban J connectivity index is 2.47. The molecule has 0 aliphatic rings. The molecule has 0 N–H and O–H groups in total. The van der Waals surface area contributed by atoms with Crippen molar-refractivity contribution in [2.45, 2.75) is 32.6 Å². The van der Waals surface area contributed by atoms with E-state index in [1.807, 2.05) is 0 Å². The van der Waals surface area contributed by atoms with Crippen LogP contribution < -0.4 is 0 Å². The Bertz CT molecular complexity index is 347. The van der Waals surface area contributed by atoms with E-state index in [1.165, 1.54) is 12.1 Å². The van der Waals surface area contributed by atoms with Crippen LogP contribution >= 0.6 is 0 Å². The summed E-state index contributed by atoms with van der Waals surface area (Å²) in [6, 6.07) is 3.54. The van der Waals surface area contributed by atoms with Gasteiger partial charge in [-0.3, -0.25) is 4.79 Å². The molecule has 0 aliphatic heterocycles. The summed E-state index contributed by atoms with van der Waals surface area (Å²) in [6.07, 6.45) is 2.09. The minimum absolute atomic E-state index is 0.178. The molecule has 0 saturated carbocycles. The zero-order valence-electron chi connectivity index (χ0n) is 8.72. The van der Waals surface area contributed by atoms with Gasteiger partial charge in [-0.15, -0.1) is 0 Å². The van der Waals surface area contributed by atoms with Crippen LogP contribution in [0.2, 0.25) is 0 Å². The molecule has 0 radical (unpaired) electrons. The molecule has 0 atom stereocenters. The maximum absolute atomic E-state index is 13.1. The third kappa shape index (κ3) is 3.78. The topological polar surface area (TPSA) is 17.1 Å². The summed E-state index contributed by atoms with van der Waals surface area (Å²) in [5, 5.41) is 0. The first-order valence-corrected chi connectivity index (χ1v) is 5.09. The van der Waals surface area contributed by atoms with E-state index in [-0.39, 0.29) is 5.78 Å². The van der Waals surface area contributed by atoms with Gasteiger partial charge >= 0.3 is 0 Å². The molecule has 0 fully saturated rings. The maximum Gasteiger partial charge on any atom is 0.132 e. The standard InChI is InChI=1S/C12H14F2O/c1-2-11(15)5-3-4-9-6-7-10(13)8-12(9)14/h6-8H,2-5H2,1H3. The first-order valence-electron chi connectivity index (χ1n) is 5.09. The van der Waals surface area contributed by atoms with E-state index in [4.69, 9.17) is 0 Å². The molecule has 3 heteroatoms. The number of ketones is 1. The zero-order valence-corrected chi connectivity index (χ0v) is 8.72. The van der Waals surface area contributed by atoms with Crippen molar-refractivity contribution < 1.29 is 13.6 Å². The predicted molar refractivity (Wildman–Crippen MR) is 54.6 cm³/mol. The molecule has 0 heterocycles. The summed E-state index contributed by atoms with van der Waals surface area (Å²) < 4.78 is 25.7. The number of hydrogen-bond acceptors (Lipinski definition) is 1. The SMILES string of the molecule is CCC(=O)CCCc1ccc(F)cc1F. The van der Waals surface area contributed by atoms with Crippen molar-refractivity contribution in [2.75, 3.05) is 0 Å². The lowest BCUT2D eigenvalue weighted by Gasteiger charge is -2.02. The summed E-state index contributed by atoms with van der Waals surface area (Å²) in [7, 11) is 0. The molecule has 1 aromatic carbocycles. The van der Waals surface area contributed by atoms with Crippen LogP contribution in [0.25, 0.3) is 0 Å². The summed E-state index contributed by atoms with van der Waals surface area (Å²) >= 11 is 0. The Morgan fingerprint density at radius 2 is 2.07 bits per heavy atom. The molecular weight excluding hydrogens is 198 g/mol. The number of carbonyl (C=O) groups is 1. The van der Waals surface area contributed by atoms with Gasteiger partial charge in [-0.1, -0.05) is 13.0 Å². The highest BCUT2D eigenvalue weighted by Gasteiger charge is 2.04. The number of benzene rings is 1. The zero-order chi connectivity index (χ0) is 11.3. The Labute approximate surface area is 88.1 Å². The van der Waals surface area contributed by atoms with E-state index in [0.717, 1.165) is 6.07 Å². The highest BCUT2D eigenvalue weighted by Crippen LogP contribution is 2.12. The fraction of sp³-hybridized carbons (Fsp3) is 0.417. The van der Waals surface area contributed by atoms with Gasteiger partial charge in [-0.05, 0) is 24.5 Å². The average Bonchev–Trinajstić information content (AvgIpc) is 2.21. The molecule has 1 rings (SSSR count). The van der Waals surface area contributed by atoms with Gasteiger partial charge in [0.15, 0.2) is 0 Å². The van der Waals surface area contributed by atoms with Crippen molar-refractivity contribution in [1.82, 2.24) is 0 Å². The molecule has 0 aromatic heterocycles. The van der Waals surface area contributed by atoms with Crippen molar-refractivity contribution >= 4 is 5.78 Å². The first-order chi connectivity index (χ1) is 7.13. The number of hydrogen-bond donors (Lipinski definition) is 0. The quantitative estimate of drug-likeness (QED) is 0.732. The second-order valence-electron chi connectivity index (χ2n) is 3.48. The van der Waals surface area contributed by atoms with E-state index in [0.29, 0.717) is 31.2 Å². The highest BCUT2D eigenvalue weighted by atomic mass is 19.1. The van der Waals surface area contributed by atoms with Crippen LogP contribution in [0.4, 0.5) is 8.78 Å². The van der Waals surface area contributed by atoms with Crippen LogP contribution in [0.1, 0.15) is 31.7 Å². The Morgan fingerprint density at radius 1 is 1.33 bits per heavy atom. The third-order valence-electron chi connectivity index (χ3n) is 2.31. The maximum atomic E-state index is 13.1. The minimum atomic E-state index is -0.569. The monoisotopic (exact) mass is 212 g/mol. The smallest absolute Gasteiger partial charge is 0.132 e. The molecule has 15 heavy (non-hydrogen) atoms. The molecule has 0 bridgehead atoms. The molecule has 0 spiro atoms. The molecule has 0 aliphatic carbocycles. The average molecular weight is 212 g/mol. The summed E-state index contributed by atoms with van der Waals surface area (Å²) in [4.78, 5) is 11.0. The summed E-state index contributed by atoms with van der Waals surface area (Å²) in [5.41, 5.74) is 0.473. The Kier molecular flexibility index (Phi) is 4.40. The molecule has 0 unspecified atom stereocenters. The fourth-order valence-corrected chi connectivity index (χ4v) is 1.38. The van der Waals surface area contributed by atoms with Gasteiger partial charge in [0.05, 0.1) is 0 Å². The molecule has 1 aromatic rings. The van der Waals surface area contributed by atoms with Gasteiger partial charge in [0, 0.05) is 18.9 Å². The van der Waals surface area contributed by atoms with Gasteiger partial charge in [-0.25, -0.2) is 8.78 Å². The Hall–Kier alpha value is -1.25. The van der Waals surface area contributed by atoms with Gasteiger partial charge < -0.3 is 0 Å². The number of carbonyl (C=O) groups excluding carboxylic acids is 1. The van der Waals surface area contributed by atoms with Crippen molar-refractivity contribution in [2.24, 2.45) is 0 Å². The Morgan fingerprint density at radius 3 is 2.67 bits per heavy atom. The lowest BCUT2D eigenvalue weighted by molar-refractivity contribution is -0.118. The van der Waals surface area contributed by atoms with Crippen LogP contribution in [-0.2, 0) is 11.2 Å². The third-order valence-corrected chi connectivity index (χ3v) is 2.31. The molecule has 0 amide bonds. The second-order valence-corrected chi connectivity index (χ2v) is 3.48. The number of aryl methyl sites for hydroxylation is 1. The lowest BCUT2D eigenvalue weighted by atomic mass is 10.1. The van der Waals surface area contributed by atoms with Gasteiger partial charge in [0.1, 0.15) is 17.4 Å². The van der Waals surface area contributed by atoms with E-state index in [2.05, 4.69) is 0 Å².